The lowest BCUT2D eigenvalue weighted by atomic mass is 9.72. The first-order valence-corrected chi connectivity index (χ1v) is 46.1. The molecule has 7 heterocycles. The van der Waals surface area contributed by atoms with E-state index in [1.54, 1.807) is 24.0 Å². The monoisotopic (exact) mass is 1800 g/mol. The lowest BCUT2D eigenvalue weighted by Crippen LogP contribution is -2.58. The van der Waals surface area contributed by atoms with Gasteiger partial charge in [0.1, 0.15) is 29.3 Å². The number of aryl methyl sites for hydroxylation is 7. The van der Waals surface area contributed by atoms with Crippen molar-refractivity contribution in [3.63, 3.8) is 0 Å². The van der Waals surface area contributed by atoms with Gasteiger partial charge in [0.25, 0.3) is 0 Å². The number of aliphatic hydroxyl groups is 1. The van der Waals surface area contributed by atoms with Crippen LogP contribution in [0.1, 0.15) is 177 Å². The van der Waals surface area contributed by atoms with Gasteiger partial charge in [-0.2, -0.15) is 0 Å². The van der Waals surface area contributed by atoms with Crippen molar-refractivity contribution >= 4 is 41.5 Å². The van der Waals surface area contributed by atoms with Crippen LogP contribution in [0.4, 0.5) is 0 Å². The summed E-state index contributed by atoms with van der Waals surface area (Å²) >= 11 is 0. The molecule has 22 atom stereocenters. The fourth-order valence-electron chi connectivity index (χ4n) is 25.9. The van der Waals surface area contributed by atoms with Crippen LogP contribution in [0.15, 0.2) is 84.9 Å². The molecule has 32 nitrogen and oxygen atoms in total. The van der Waals surface area contributed by atoms with Crippen LogP contribution in [0.2, 0.25) is 0 Å². The number of amides is 5. The second kappa shape index (κ2) is 38.8. The fourth-order valence-corrected chi connectivity index (χ4v) is 25.9. The SMILES string of the molecule is COC(=O)[C@@H]1Cc2cc(C)c(C)cc2[C@@]23C[C@H](C)[C@@H](C[N+](=O)[O-])[C@@H]2CC(=O)N13.COC(=O)[C@H](Cc1ccc(C)c(OC)c1)N1C(=O)CC2C1C[C@H](C)[C@H]2C[N+](=O)[O-].COc1cccc(CCN2C(=O)CC3[C@H](C[N+](=O)[O-])[C@@H](C)CC32O)c1.Cc1cc2c(cc1C)[C@@]13C[C@H](C)[C@@H](C[N+](=O)[O-])[C@@H]1CC(=O)N3CC2.Cc1ccc(CCN2C(=O)C[C@@H]3[C@H](C[N+](=O)[O-])[C@@H](C)C[C@@H]32)cc1C. The highest BCUT2D eigenvalue weighted by Crippen LogP contribution is 2.64. The number of fused-ring (bicyclic) bond motifs is 5. The Labute approximate surface area is 759 Å². The summed E-state index contributed by atoms with van der Waals surface area (Å²) in [7, 11) is 5.85. The first-order chi connectivity index (χ1) is 61.5. The molecular formula is C98H128N10O22. The van der Waals surface area contributed by atoms with Crippen LogP contribution in [0.25, 0.3) is 0 Å². The number of hydrogen-bond donors (Lipinski definition) is 1. The number of benzene rings is 5. The second-order valence-corrected chi connectivity index (χ2v) is 39.6. The van der Waals surface area contributed by atoms with Crippen LogP contribution in [0.5, 0.6) is 11.5 Å². The van der Waals surface area contributed by atoms with Crippen LogP contribution in [0, 0.1) is 188 Å². The molecule has 5 aliphatic carbocycles. The predicted molar refractivity (Wildman–Crippen MR) is 480 cm³/mol. The summed E-state index contributed by atoms with van der Waals surface area (Å²) in [5.74, 6) is 0.509. The van der Waals surface area contributed by atoms with E-state index in [1.165, 1.54) is 58.1 Å². The number of rotatable bonds is 23. The standard InChI is InChI=1S/C21H28N2O6.C21H26N2O5.C19H24N2O3.C19H26N2O3.C18H24N2O5/c1-12-5-6-14(9-19(12)28-3)8-18(21(25)29-4)23-17-7-13(2)16(11-22(26)27)15(17)10-20(23)24;1-11-5-14-7-18(20(25)28-4)23-19(24)8-17-15(10-22(26)27)13(3)9-21(17,23)16(14)6-12(11)2;1-11-6-14-4-5-20-18(22)8-17-15(10-21(23)24)13(3)9-19(17,20)16(14)7-12(11)2;1-12-4-5-15(8-13(12)2)6-7-20-18-9-14(3)17(11-21(23)24)16(18)10-19(20)22;1-12-10-18(22)16(15(12)11-20(23)24)9-17(21)19(18)7-6-13-4-3-5-14(8-13)25-2/h5-6,9,13,15-18H,7-8,10-11H2,1-4H3;5-6,13,15,17-18H,7-10H2,1-4H3;6-7,13,15,17H,4-5,8-10H2,1-3H3;4-5,8,14,16-18H,6-7,9-11H2,1-3H3;3-5,8,12,15-16,22H,6-7,9-11H2,1-2H3/t13-,15?,16+,17?,18-;13-,15+,17-,18-,21-;13-,15+,17-,19-;14-,16+,17+,18-;12-,15+,16?,18?/m00000/s1. The Hall–Kier alpha value is -11.1. The van der Waals surface area contributed by atoms with Crippen LogP contribution in [0.3, 0.4) is 0 Å². The third-order valence-corrected chi connectivity index (χ3v) is 32.5. The molecule has 130 heavy (non-hydrogen) atoms. The first-order valence-electron chi connectivity index (χ1n) is 46.1. The summed E-state index contributed by atoms with van der Waals surface area (Å²) < 4.78 is 20.6. The summed E-state index contributed by atoms with van der Waals surface area (Å²) in [6.07, 6.45) is 8.21. The molecule has 7 aliphatic heterocycles. The lowest BCUT2D eigenvalue weighted by Gasteiger charge is -2.48. The van der Waals surface area contributed by atoms with Gasteiger partial charge in [-0.05, 0) is 237 Å². The van der Waals surface area contributed by atoms with E-state index < -0.39 is 35.3 Å². The van der Waals surface area contributed by atoms with Crippen LogP contribution < -0.4 is 9.47 Å². The van der Waals surface area contributed by atoms with Crippen molar-refractivity contribution in [3.05, 3.63) is 213 Å². The van der Waals surface area contributed by atoms with Gasteiger partial charge in [-0.25, -0.2) is 9.59 Å². The summed E-state index contributed by atoms with van der Waals surface area (Å²) in [6, 6.07) is 27.2. The van der Waals surface area contributed by atoms with Crippen molar-refractivity contribution < 1.29 is 82.2 Å². The highest BCUT2D eigenvalue weighted by atomic mass is 16.6. The van der Waals surface area contributed by atoms with Gasteiger partial charge in [-0.3, -0.25) is 74.5 Å². The van der Waals surface area contributed by atoms with Crippen LogP contribution in [-0.4, -0.2) is 206 Å². The zero-order valence-corrected chi connectivity index (χ0v) is 77.8. The third-order valence-electron chi connectivity index (χ3n) is 32.5. The first kappa shape index (κ1) is 96.5. The van der Waals surface area contributed by atoms with E-state index in [1.807, 2.05) is 88.9 Å². The Morgan fingerprint density at radius 3 is 1.55 bits per heavy atom. The number of hydrogen-bond acceptors (Lipinski definition) is 22. The normalized spacial score (nSPS) is 30.8. The van der Waals surface area contributed by atoms with Crippen molar-refractivity contribution in [3.8, 4) is 11.5 Å². The molecule has 1 N–H and O–H groups in total. The topological polar surface area (TPSA) is 409 Å². The molecule has 10 fully saturated rings. The number of esters is 2. The molecule has 12 aliphatic rings. The third kappa shape index (κ3) is 18.6. The van der Waals surface area contributed by atoms with Gasteiger partial charge in [0.2, 0.25) is 62.3 Å². The number of nitrogens with zero attached hydrogens (tertiary/aromatic N) is 10. The Kier molecular flexibility index (Phi) is 28.8. The van der Waals surface area contributed by atoms with Gasteiger partial charge in [-0.15, -0.1) is 0 Å². The molecule has 5 amide bonds. The minimum atomic E-state index is -1.25. The number of likely N-dealkylation sites (tertiary alicyclic amines) is 3. The van der Waals surface area contributed by atoms with E-state index in [0.717, 1.165) is 89.2 Å². The number of carbonyl (C=O) groups is 7. The summed E-state index contributed by atoms with van der Waals surface area (Å²) in [5.41, 5.74) is 14.0. The number of nitro groups is 5. The Bertz CT molecular complexity index is 5240. The average Bonchev–Trinajstić information content (AvgIpc) is 1.53. The maximum atomic E-state index is 13.1. The van der Waals surface area contributed by atoms with Crippen molar-refractivity contribution in [2.75, 3.05) is 80.8 Å². The van der Waals surface area contributed by atoms with E-state index in [2.05, 4.69) is 88.9 Å². The molecule has 2 spiro atoms. The van der Waals surface area contributed by atoms with Gasteiger partial charge in [0, 0.05) is 149 Å². The van der Waals surface area contributed by atoms with Crippen molar-refractivity contribution in [2.45, 2.75) is 220 Å². The van der Waals surface area contributed by atoms with Crippen LogP contribution >= 0.6 is 0 Å². The van der Waals surface area contributed by atoms with Crippen LogP contribution in [-0.2, 0) is 86.2 Å². The Morgan fingerprint density at radius 2 is 0.962 bits per heavy atom. The molecule has 0 bridgehead atoms. The number of carbonyl (C=O) groups excluding carboxylic acids is 7. The van der Waals surface area contributed by atoms with Gasteiger partial charge < -0.3 is 48.6 Å². The molecule has 5 aromatic rings. The van der Waals surface area contributed by atoms with E-state index in [4.69, 9.17) is 18.9 Å². The van der Waals surface area contributed by atoms with Crippen molar-refractivity contribution in [1.82, 2.24) is 24.5 Å². The zero-order chi connectivity index (χ0) is 94.5. The summed E-state index contributed by atoms with van der Waals surface area (Å²) in [4.78, 5) is 152. The molecule has 0 aromatic heterocycles. The molecule has 17 rings (SSSR count). The van der Waals surface area contributed by atoms with Gasteiger partial charge >= 0.3 is 11.9 Å². The van der Waals surface area contributed by atoms with E-state index >= 15 is 0 Å². The summed E-state index contributed by atoms with van der Waals surface area (Å²) in [5, 5.41) is 66.6. The fraction of sp³-hybridized carbons (Fsp3) is 0.622. The van der Waals surface area contributed by atoms with Crippen molar-refractivity contribution in [2.24, 2.45) is 88.8 Å². The molecule has 4 unspecified atom stereocenters. The number of methoxy groups -OCH3 is 4. The smallest absolute Gasteiger partial charge is 0.328 e. The minimum Gasteiger partial charge on any atom is -0.497 e. The maximum Gasteiger partial charge on any atom is 0.328 e. The average molecular weight is 1800 g/mol. The lowest BCUT2D eigenvalue weighted by molar-refractivity contribution is -0.491. The van der Waals surface area contributed by atoms with E-state index in [-0.39, 0.29) is 207 Å². The van der Waals surface area contributed by atoms with E-state index in [0.29, 0.717) is 63.8 Å². The Morgan fingerprint density at radius 1 is 0.469 bits per heavy atom. The minimum absolute atomic E-state index is 0.000605. The number of ether oxygens (including phenoxy) is 4. The highest BCUT2D eigenvalue weighted by molar-refractivity contribution is 5.90. The zero-order valence-electron chi connectivity index (χ0n) is 77.8. The van der Waals surface area contributed by atoms with Gasteiger partial charge in [0.05, 0.1) is 39.5 Å². The molecule has 5 aromatic carbocycles. The van der Waals surface area contributed by atoms with E-state index in [9.17, 15) is 89.2 Å². The van der Waals surface area contributed by atoms with Gasteiger partial charge in [-0.1, -0.05) is 101 Å². The second-order valence-electron chi connectivity index (χ2n) is 39.6. The Balaban J connectivity index is 0.000000139. The highest BCUT2D eigenvalue weighted by Gasteiger charge is 2.69. The van der Waals surface area contributed by atoms with Crippen molar-refractivity contribution in [1.29, 1.82) is 0 Å². The predicted octanol–water partition coefficient (Wildman–Crippen LogP) is 12.2. The molecular weight excluding hydrogens is 1670 g/mol. The molecule has 702 valence electrons. The van der Waals surface area contributed by atoms with Gasteiger partial charge in [0.15, 0.2) is 0 Å². The molecule has 32 heteroatoms. The largest absolute Gasteiger partial charge is 0.497 e. The summed E-state index contributed by atoms with van der Waals surface area (Å²) in [6.45, 7) is 26.0. The molecule has 5 saturated carbocycles. The maximum absolute atomic E-state index is 13.1. The quantitative estimate of drug-likeness (QED) is 0.0360. The molecule has 0 radical (unpaired) electrons. The molecule has 5 saturated heterocycles.